The van der Waals surface area contributed by atoms with Gasteiger partial charge in [-0.2, -0.15) is 0 Å². The van der Waals surface area contributed by atoms with Gasteiger partial charge in [-0.15, -0.1) is 0 Å². The third-order valence-electron chi connectivity index (χ3n) is 3.07. The van der Waals surface area contributed by atoms with Crippen LogP contribution in [0.5, 0.6) is 5.75 Å². The molecule has 4 heteroatoms. The fourth-order valence-electron chi connectivity index (χ4n) is 2.03. The Balaban J connectivity index is 2.74. The molecule has 0 unspecified atom stereocenters. The van der Waals surface area contributed by atoms with Crippen molar-refractivity contribution < 1.29 is 9.53 Å². The monoisotopic (exact) mass is 278 g/mol. The lowest BCUT2D eigenvalue weighted by molar-refractivity contribution is 0.235. The van der Waals surface area contributed by atoms with Crippen LogP contribution >= 0.6 is 0 Å². The van der Waals surface area contributed by atoms with Crippen LogP contribution in [0.3, 0.4) is 0 Å². The second kappa shape index (κ2) is 8.46. The Kier molecular flexibility index (Phi) is 6.91. The van der Waals surface area contributed by atoms with Gasteiger partial charge in [-0.3, -0.25) is 0 Å². The van der Waals surface area contributed by atoms with Gasteiger partial charge in [-0.05, 0) is 36.5 Å². The molecular weight excluding hydrogens is 252 g/mol. The molecule has 1 aromatic carbocycles. The lowest BCUT2D eigenvalue weighted by Gasteiger charge is -2.21. The molecule has 0 aliphatic heterocycles. The molecule has 0 saturated carbocycles. The summed E-state index contributed by atoms with van der Waals surface area (Å²) in [7, 11) is 1.65. The average molecular weight is 278 g/mol. The smallest absolute Gasteiger partial charge is 0.315 e. The molecule has 0 aliphatic carbocycles. The van der Waals surface area contributed by atoms with Crippen LogP contribution in [0, 0.1) is 5.92 Å². The fourth-order valence-corrected chi connectivity index (χ4v) is 2.03. The molecule has 4 nitrogen and oxygen atoms in total. The number of nitrogens with one attached hydrogen (secondary N) is 2. The minimum absolute atomic E-state index is 0.0257. The molecule has 0 fully saturated rings. The largest absolute Gasteiger partial charge is 0.497 e. The highest BCUT2D eigenvalue weighted by atomic mass is 16.5. The summed E-state index contributed by atoms with van der Waals surface area (Å²) in [4.78, 5) is 11.8. The summed E-state index contributed by atoms with van der Waals surface area (Å²) < 4.78 is 5.16. The quantitative estimate of drug-likeness (QED) is 0.802. The number of hydrogen-bond acceptors (Lipinski definition) is 2. The van der Waals surface area contributed by atoms with E-state index in [1.54, 1.807) is 7.11 Å². The molecular formula is C16H26N2O2. The van der Waals surface area contributed by atoms with Gasteiger partial charge in [0.15, 0.2) is 0 Å². The van der Waals surface area contributed by atoms with E-state index in [-0.39, 0.29) is 12.1 Å². The highest BCUT2D eigenvalue weighted by Gasteiger charge is 2.15. The van der Waals surface area contributed by atoms with E-state index in [4.69, 9.17) is 4.74 Å². The van der Waals surface area contributed by atoms with Crippen LogP contribution in [0.1, 0.15) is 45.2 Å². The maximum absolute atomic E-state index is 11.8. The highest BCUT2D eigenvalue weighted by molar-refractivity contribution is 5.74. The van der Waals surface area contributed by atoms with Crippen LogP contribution in [-0.2, 0) is 0 Å². The summed E-state index contributed by atoms with van der Waals surface area (Å²) in [6.45, 7) is 7.04. The maximum Gasteiger partial charge on any atom is 0.315 e. The second-order valence-corrected chi connectivity index (χ2v) is 5.36. The van der Waals surface area contributed by atoms with Gasteiger partial charge in [0.2, 0.25) is 0 Å². The first-order valence-corrected chi connectivity index (χ1v) is 7.25. The van der Waals surface area contributed by atoms with E-state index in [9.17, 15) is 4.79 Å². The van der Waals surface area contributed by atoms with E-state index in [0.717, 1.165) is 24.2 Å². The van der Waals surface area contributed by atoms with E-state index in [0.29, 0.717) is 12.5 Å². The first kappa shape index (κ1) is 16.3. The molecule has 1 rings (SSSR count). The normalized spacial score (nSPS) is 12.1. The number of methoxy groups -OCH3 is 1. The van der Waals surface area contributed by atoms with E-state index in [2.05, 4.69) is 24.5 Å². The topological polar surface area (TPSA) is 50.4 Å². The van der Waals surface area contributed by atoms with Crippen molar-refractivity contribution in [2.45, 2.75) is 39.7 Å². The molecule has 20 heavy (non-hydrogen) atoms. The lowest BCUT2D eigenvalue weighted by atomic mass is 9.97. The van der Waals surface area contributed by atoms with Crippen molar-refractivity contribution in [1.82, 2.24) is 10.6 Å². The van der Waals surface area contributed by atoms with E-state index >= 15 is 0 Å². The van der Waals surface area contributed by atoms with E-state index < -0.39 is 0 Å². The molecule has 0 radical (unpaired) electrons. The molecule has 112 valence electrons. The number of amides is 2. The molecule has 0 aromatic heterocycles. The lowest BCUT2D eigenvalue weighted by Crippen LogP contribution is -2.38. The summed E-state index contributed by atoms with van der Waals surface area (Å²) in [6.07, 6.45) is 1.84. The minimum atomic E-state index is -0.103. The minimum Gasteiger partial charge on any atom is -0.497 e. The molecule has 2 amide bonds. The van der Waals surface area contributed by atoms with Crippen molar-refractivity contribution in [3.63, 3.8) is 0 Å². The molecule has 0 spiro atoms. The maximum atomic E-state index is 11.8. The SMILES string of the molecule is CCCNC(=O)N[C@@H](CC(C)C)c1ccc(OC)cc1. The molecule has 0 saturated heterocycles. The molecule has 0 aliphatic rings. The summed E-state index contributed by atoms with van der Waals surface area (Å²) in [6, 6.07) is 7.78. The zero-order valence-electron chi connectivity index (χ0n) is 12.9. The van der Waals surface area contributed by atoms with Gasteiger partial charge in [0.1, 0.15) is 5.75 Å². The molecule has 0 bridgehead atoms. The van der Waals surface area contributed by atoms with Crippen LogP contribution in [-0.4, -0.2) is 19.7 Å². The first-order valence-electron chi connectivity index (χ1n) is 7.25. The number of urea groups is 1. The van der Waals surface area contributed by atoms with Crippen molar-refractivity contribution in [3.05, 3.63) is 29.8 Å². The van der Waals surface area contributed by atoms with E-state index in [1.165, 1.54) is 0 Å². The first-order chi connectivity index (χ1) is 9.56. The van der Waals surface area contributed by atoms with Gasteiger partial charge in [-0.1, -0.05) is 32.9 Å². The fraction of sp³-hybridized carbons (Fsp3) is 0.562. The Hall–Kier alpha value is -1.71. The summed E-state index contributed by atoms with van der Waals surface area (Å²) in [5.41, 5.74) is 1.10. The van der Waals surface area contributed by atoms with E-state index in [1.807, 2.05) is 31.2 Å². The van der Waals surface area contributed by atoms with Crippen molar-refractivity contribution in [3.8, 4) is 5.75 Å². The number of ether oxygens (including phenoxy) is 1. The third-order valence-corrected chi connectivity index (χ3v) is 3.07. The van der Waals surface area contributed by atoms with Crippen LogP contribution in [0.15, 0.2) is 24.3 Å². The second-order valence-electron chi connectivity index (χ2n) is 5.36. The Morgan fingerprint density at radius 2 is 1.90 bits per heavy atom. The zero-order chi connectivity index (χ0) is 15.0. The van der Waals surface area contributed by atoms with Crippen LogP contribution in [0.4, 0.5) is 4.79 Å². The van der Waals surface area contributed by atoms with Gasteiger partial charge in [-0.25, -0.2) is 4.79 Å². The average Bonchev–Trinajstić information content (AvgIpc) is 2.44. The number of carbonyl (C=O) groups is 1. The molecule has 0 heterocycles. The van der Waals surface area contributed by atoms with Crippen LogP contribution in [0.2, 0.25) is 0 Å². The number of rotatable bonds is 7. The van der Waals surface area contributed by atoms with Gasteiger partial charge >= 0.3 is 6.03 Å². The Morgan fingerprint density at radius 1 is 1.25 bits per heavy atom. The van der Waals surface area contributed by atoms with Crippen molar-refractivity contribution >= 4 is 6.03 Å². The van der Waals surface area contributed by atoms with Crippen molar-refractivity contribution in [2.75, 3.05) is 13.7 Å². The zero-order valence-corrected chi connectivity index (χ0v) is 12.9. The predicted molar refractivity (Wildman–Crippen MR) is 82.0 cm³/mol. The van der Waals surface area contributed by atoms with Crippen LogP contribution < -0.4 is 15.4 Å². The molecule has 2 N–H and O–H groups in total. The summed E-state index contributed by atoms with van der Waals surface area (Å²) in [5.74, 6) is 1.33. The van der Waals surface area contributed by atoms with Gasteiger partial charge in [0.25, 0.3) is 0 Å². The Bertz CT molecular complexity index is 401. The number of carbonyl (C=O) groups excluding carboxylic acids is 1. The van der Waals surface area contributed by atoms with Gasteiger partial charge in [0.05, 0.1) is 13.2 Å². The van der Waals surface area contributed by atoms with Gasteiger partial charge < -0.3 is 15.4 Å². The number of benzene rings is 1. The standard InChI is InChI=1S/C16H26N2O2/c1-5-10-17-16(19)18-15(11-12(2)3)13-6-8-14(20-4)9-7-13/h6-9,12,15H,5,10-11H2,1-4H3,(H2,17,18,19)/t15-/m0/s1. The predicted octanol–water partition coefficient (Wildman–Crippen LogP) is 3.49. The number of hydrogen-bond donors (Lipinski definition) is 2. The molecule has 1 aromatic rings. The summed E-state index contributed by atoms with van der Waals surface area (Å²) in [5, 5.41) is 5.90. The molecule has 1 atom stereocenters. The van der Waals surface area contributed by atoms with Crippen LogP contribution in [0.25, 0.3) is 0 Å². The van der Waals surface area contributed by atoms with Crippen molar-refractivity contribution in [1.29, 1.82) is 0 Å². The van der Waals surface area contributed by atoms with Crippen molar-refractivity contribution in [2.24, 2.45) is 5.92 Å². The van der Waals surface area contributed by atoms with Gasteiger partial charge in [0, 0.05) is 6.54 Å². The highest BCUT2D eigenvalue weighted by Crippen LogP contribution is 2.23. The Morgan fingerprint density at radius 3 is 2.40 bits per heavy atom. The Labute approximate surface area is 121 Å². The third kappa shape index (κ3) is 5.51. The summed E-state index contributed by atoms with van der Waals surface area (Å²) >= 11 is 0.